The van der Waals surface area contributed by atoms with Crippen LogP contribution in [0, 0.1) is 17.0 Å². The molecule has 0 aliphatic carbocycles. The van der Waals surface area contributed by atoms with Gasteiger partial charge in [0.25, 0.3) is 5.91 Å². The maximum atomic E-state index is 12.1. The summed E-state index contributed by atoms with van der Waals surface area (Å²) in [5.74, 6) is -0.658. The molecule has 0 aliphatic rings. The zero-order chi connectivity index (χ0) is 18.7. The van der Waals surface area contributed by atoms with Crippen LogP contribution in [-0.4, -0.2) is 35.4 Å². The molecule has 0 radical (unpaired) electrons. The summed E-state index contributed by atoms with van der Waals surface area (Å²) < 4.78 is 2.58. The Kier molecular flexibility index (Phi) is 4.94. The fourth-order valence-corrected chi connectivity index (χ4v) is 2.43. The number of nitrogens with zero attached hydrogens (tertiary/aromatic N) is 6. The van der Waals surface area contributed by atoms with Crippen molar-refractivity contribution in [3.05, 3.63) is 63.1 Å². The van der Waals surface area contributed by atoms with E-state index in [2.05, 4.69) is 20.5 Å². The average Bonchev–Trinajstić information content (AvgIpc) is 3.16. The minimum atomic E-state index is -0.591. The van der Waals surface area contributed by atoms with Gasteiger partial charge in [0.2, 0.25) is 5.95 Å². The molecule has 2 aromatic heterocycles. The number of aryl methyl sites for hydroxylation is 1. The van der Waals surface area contributed by atoms with Crippen LogP contribution in [0.15, 0.2) is 36.7 Å². The van der Waals surface area contributed by atoms with Crippen LogP contribution in [0.2, 0.25) is 5.02 Å². The molecule has 11 heteroatoms. The molecule has 1 amide bonds. The lowest BCUT2D eigenvalue weighted by Gasteiger charge is -2.01. The molecule has 0 fully saturated rings. The Morgan fingerprint density at radius 2 is 2.04 bits per heavy atom. The van der Waals surface area contributed by atoms with Gasteiger partial charge in [-0.15, -0.1) is 9.78 Å². The van der Waals surface area contributed by atoms with E-state index in [1.54, 1.807) is 23.7 Å². The Hall–Kier alpha value is -3.27. The van der Waals surface area contributed by atoms with Gasteiger partial charge in [-0.25, -0.2) is 9.67 Å². The first-order valence-corrected chi connectivity index (χ1v) is 7.91. The van der Waals surface area contributed by atoms with Crippen LogP contribution in [0.25, 0.3) is 0 Å². The number of anilines is 1. The van der Waals surface area contributed by atoms with Gasteiger partial charge in [-0.2, -0.15) is 0 Å². The van der Waals surface area contributed by atoms with E-state index in [4.69, 9.17) is 11.6 Å². The van der Waals surface area contributed by atoms with E-state index in [9.17, 15) is 14.9 Å². The third kappa shape index (κ3) is 4.22. The smallest absolute Gasteiger partial charge is 0.345 e. The Morgan fingerprint density at radius 1 is 1.31 bits per heavy atom. The fourth-order valence-electron chi connectivity index (χ4n) is 2.30. The van der Waals surface area contributed by atoms with Gasteiger partial charge in [0.15, 0.2) is 6.54 Å². The molecule has 134 valence electrons. The molecule has 0 bridgehead atoms. The summed E-state index contributed by atoms with van der Waals surface area (Å²) in [6.45, 7) is 1.77. The third-order valence-electron chi connectivity index (χ3n) is 3.41. The standard InChI is InChI=1S/C15H14ClN7O3/c1-10-6-14(23(25)26)22(19-10)8-13(24)18-15-17-9-21(20-15)7-11-2-4-12(16)5-3-11/h2-6,9H,7-8H2,1H3,(H,18,20,24). The lowest BCUT2D eigenvalue weighted by atomic mass is 10.2. The maximum Gasteiger partial charge on any atom is 0.345 e. The van der Waals surface area contributed by atoms with Crippen LogP contribution in [0.1, 0.15) is 11.3 Å². The van der Waals surface area contributed by atoms with E-state index < -0.39 is 10.8 Å². The number of nitrogens with one attached hydrogen (secondary N) is 1. The number of nitro groups is 1. The van der Waals surface area contributed by atoms with Crippen molar-refractivity contribution in [3.8, 4) is 0 Å². The van der Waals surface area contributed by atoms with Gasteiger partial charge >= 0.3 is 5.82 Å². The van der Waals surface area contributed by atoms with Gasteiger partial charge in [-0.1, -0.05) is 28.8 Å². The van der Waals surface area contributed by atoms with Gasteiger partial charge in [0.05, 0.1) is 18.3 Å². The van der Waals surface area contributed by atoms with Crippen molar-refractivity contribution < 1.29 is 9.72 Å². The lowest BCUT2D eigenvalue weighted by molar-refractivity contribution is -0.392. The molecule has 2 heterocycles. The van der Waals surface area contributed by atoms with E-state index in [1.807, 2.05) is 12.1 Å². The van der Waals surface area contributed by atoms with Crippen molar-refractivity contribution in [2.45, 2.75) is 20.0 Å². The quantitative estimate of drug-likeness (QED) is 0.519. The molecule has 3 rings (SSSR count). The molecule has 0 spiro atoms. The minimum Gasteiger partial charge on any atom is -0.358 e. The molecule has 0 atom stereocenters. The second-order valence-electron chi connectivity index (χ2n) is 5.50. The monoisotopic (exact) mass is 375 g/mol. The summed E-state index contributed by atoms with van der Waals surface area (Å²) in [7, 11) is 0. The normalized spacial score (nSPS) is 10.7. The van der Waals surface area contributed by atoms with E-state index in [0.29, 0.717) is 17.3 Å². The average molecular weight is 376 g/mol. The molecule has 10 nitrogen and oxygen atoms in total. The van der Waals surface area contributed by atoms with Crippen molar-refractivity contribution in [2.75, 3.05) is 5.32 Å². The number of carbonyl (C=O) groups excluding carboxylic acids is 1. The van der Waals surface area contributed by atoms with Crippen molar-refractivity contribution in [3.63, 3.8) is 0 Å². The second-order valence-corrected chi connectivity index (χ2v) is 5.94. The summed E-state index contributed by atoms with van der Waals surface area (Å²) in [5.41, 5.74) is 1.43. The number of aromatic nitrogens is 5. The summed E-state index contributed by atoms with van der Waals surface area (Å²) >= 11 is 5.84. The number of carbonyl (C=O) groups is 1. The Labute approximate surface area is 152 Å². The fraction of sp³-hybridized carbons (Fsp3) is 0.200. The number of halogens is 1. The van der Waals surface area contributed by atoms with Crippen molar-refractivity contribution in [2.24, 2.45) is 0 Å². The molecular weight excluding hydrogens is 362 g/mol. The van der Waals surface area contributed by atoms with E-state index in [1.165, 1.54) is 12.4 Å². The van der Waals surface area contributed by atoms with Crippen LogP contribution in [-0.2, 0) is 17.9 Å². The first-order valence-electron chi connectivity index (χ1n) is 7.53. The number of hydrogen-bond donors (Lipinski definition) is 1. The second kappa shape index (κ2) is 7.31. The van der Waals surface area contributed by atoms with E-state index in [-0.39, 0.29) is 18.3 Å². The van der Waals surface area contributed by atoms with Gasteiger partial charge in [-0.3, -0.25) is 10.1 Å². The van der Waals surface area contributed by atoms with Gasteiger partial charge < -0.3 is 10.1 Å². The molecule has 0 saturated heterocycles. The highest BCUT2D eigenvalue weighted by Gasteiger charge is 2.20. The number of benzene rings is 1. The zero-order valence-electron chi connectivity index (χ0n) is 13.7. The predicted molar refractivity (Wildman–Crippen MR) is 92.8 cm³/mol. The van der Waals surface area contributed by atoms with Crippen LogP contribution in [0.4, 0.5) is 11.8 Å². The molecule has 1 N–H and O–H groups in total. The molecular formula is C15H14ClN7O3. The SMILES string of the molecule is Cc1cc([N+](=O)[O-])n(CC(=O)Nc2ncn(Cc3ccc(Cl)cc3)n2)n1. The summed E-state index contributed by atoms with van der Waals surface area (Å²) in [6, 6.07) is 8.57. The highest BCUT2D eigenvalue weighted by molar-refractivity contribution is 6.30. The molecule has 0 aliphatic heterocycles. The van der Waals surface area contributed by atoms with E-state index >= 15 is 0 Å². The maximum absolute atomic E-state index is 12.1. The van der Waals surface area contributed by atoms with Gasteiger partial charge in [0.1, 0.15) is 6.33 Å². The first-order chi connectivity index (χ1) is 12.4. The van der Waals surface area contributed by atoms with Gasteiger partial charge in [-0.05, 0) is 29.5 Å². The molecule has 1 aromatic carbocycles. The zero-order valence-corrected chi connectivity index (χ0v) is 14.4. The van der Waals surface area contributed by atoms with Crippen LogP contribution in [0.5, 0.6) is 0 Å². The van der Waals surface area contributed by atoms with Gasteiger partial charge in [0, 0.05) is 5.02 Å². The largest absolute Gasteiger partial charge is 0.358 e. The van der Waals surface area contributed by atoms with Crippen LogP contribution >= 0.6 is 11.6 Å². The summed E-state index contributed by atoms with van der Waals surface area (Å²) in [5, 5.41) is 22.2. The summed E-state index contributed by atoms with van der Waals surface area (Å²) in [4.78, 5) is 26.4. The Morgan fingerprint density at radius 3 is 2.73 bits per heavy atom. The molecule has 3 aromatic rings. The molecule has 0 saturated carbocycles. The van der Waals surface area contributed by atoms with Crippen LogP contribution < -0.4 is 5.32 Å². The Balaban J connectivity index is 1.63. The number of amides is 1. The highest BCUT2D eigenvalue weighted by atomic mass is 35.5. The topological polar surface area (TPSA) is 121 Å². The third-order valence-corrected chi connectivity index (χ3v) is 3.66. The van der Waals surface area contributed by atoms with Crippen molar-refractivity contribution >= 4 is 29.3 Å². The summed E-state index contributed by atoms with van der Waals surface area (Å²) in [6.07, 6.45) is 1.48. The highest BCUT2D eigenvalue weighted by Crippen LogP contribution is 2.13. The van der Waals surface area contributed by atoms with Crippen LogP contribution in [0.3, 0.4) is 0 Å². The van der Waals surface area contributed by atoms with Crippen molar-refractivity contribution in [1.82, 2.24) is 24.5 Å². The van der Waals surface area contributed by atoms with E-state index in [0.717, 1.165) is 10.2 Å². The molecule has 26 heavy (non-hydrogen) atoms. The lowest BCUT2D eigenvalue weighted by Crippen LogP contribution is -2.21. The minimum absolute atomic E-state index is 0.107. The first kappa shape index (κ1) is 17.5. The Bertz CT molecular complexity index is 949. The molecule has 0 unspecified atom stereocenters. The predicted octanol–water partition coefficient (Wildman–Crippen LogP) is 2.03. The number of hydrogen-bond acceptors (Lipinski definition) is 6. The van der Waals surface area contributed by atoms with Crippen molar-refractivity contribution in [1.29, 1.82) is 0 Å². The number of rotatable bonds is 6.